The largest absolute Gasteiger partial charge is 0.497 e. The second-order valence-corrected chi connectivity index (χ2v) is 6.08. The van der Waals surface area contributed by atoms with E-state index in [0.29, 0.717) is 53.5 Å². The molecule has 3 rings (SSSR count). The zero-order chi connectivity index (χ0) is 19.9. The number of aromatic amines is 1. The number of nitrogens with zero attached hydrogens (tertiary/aromatic N) is 1. The molecule has 0 aliphatic heterocycles. The molecule has 0 unspecified atom stereocenters. The van der Waals surface area contributed by atoms with Gasteiger partial charge in [-0.2, -0.15) is 5.10 Å². The van der Waals surface area contributed by atoms with Crippen LogP contribution in [0.15, 0.2) is 36.4 Å². The zero-order valence-electron chi connectivity index (χ0n) is 15.8. The standard InChI is InChI=1S/C20H22FN3O4/c1-26-15-9-13(10-16(11-15)27-2)20(25)22-19-17-12-14(28-8-4-3-7-21)5-6-18(17)23-24-19/h5-6,9-12H,3-4,7-8H2,1-2H3,(H2,22,23,24,25). The summed E-state index contributed by atoms with van der Waals surface area (Å²) in [6, 6.07) is 10.3. The summed E-state index contributed by atoms with van der Waals surface area (Å²) in [6.45, 7) is 0.0773. The Hall–Kier alpha value is -3.29. The van der Waals surface area contributed by atoms with Crippen LogP contribution in [0.1, 0.15) is 23.2 Å². The summed E-state index contributed by atoms with van der Waals surface area (Å²) >= 11 is 0. The van der Waals surface area contributed by atoms with Gasteiger partial charge < -0.3 is 19.5 Å². The molecule has 0 bridgehead atoms. The molecule has 0 fully saturated rings. The molecule has 2 aromatic carbocycles. The van der Waals surface area contributed by atoms with E-state index in [9.17, 15) is 9.18 Å². The molecule has 0 spiro atoms. The fraction of sp³-hybridized carbons (Fsp3) is 0.300. The van der Waals surface area contributed by atoms with Gasteiger partial charge in [-0.3, -0.25) is 14.3 Å². The van der Waals surface area contributed by atoms with Gasteiger partial charge in [0, 0.05) is 17.0 Å². The van der Waals surface area contributed by atoms with E-state index in [1.807, 2.05) is 6.07 Å². The normalized spacial score (nSPS) is 10.7. The number of H-pyrrole nitrogens is 1. The van der Waals surface area contributed by atoms with Crippen LogP contribution in [-0.2, 0) is 0 Å². The van der Waals surface area contributed by atoms with Crippen molar-refractivity contribution in [3.63, 3.8) is 0 Å². The summed E-state index contributed by atoms with van der Waals surface area (Å²) < 4.78 is 28.2. The number of alkyl halides is 1. The fourth-order valence-electron chi connectivity index (χ4n) is 2.68. The van der Waals surface area contributed by atoms with Crippen LogP contribution < -0.4 is 19.5 Å². The van der Waals surface area contributed by atoms with E-state index in [1.165, 1.54) is 14.2 Å². The van der Waals surface area contributed by atoms with E-state index < -0.39 is 0 Å². The first-order valence-corrected chi connectivity index (χ1v) is 8.86. The number of nitrogens with one attached hydrogen (secondary N) is 2. The van der Waals surface area contributed by atoms with Crippen molar-refractivity contribution in [1.29, 1.82) is 0 Å². The number of aromatic nitrogens is 2. The molecular weight excluding hydrogens is 365 g/mol. The molecule has 0 saturated heterocycles. The minimum atomic E-state index is -0.352. The van der Waals surface area contributed by atoms with Crippen molar-refractivity contribution >= 4 is 22.6 Å². The van der Waals surface area contributed by atoms with Crippen molar-refractivity contribution in [2.75, 3.05) is 32.8 Å². The van der Waals surface area contributed by atoms with Gasteiger partial charge in [-0.15, -0.1) is 0 Å². The maximum Gasteiger partial charge on any atom is 0.257 e. The third kappa shape index (κ3) is 4.51. The number of anilines is 1. The predicted molar refractivity (Wildman–Crippen MR) is 104 cm³/mol. The van der Waals surface area contributed by atoms with Gasteiger partial charge in [-0.25, -0.2) is 0 Å². The third-order valence-electron chi connectivity index (χ3n) is 4.18. The number of ether oxygens (including phenoxy) is 3. The van der Waals surface area contributed by atoms with Gasteiger partial charge in [0.15, 0.2) is 5.82 Å². The van der Waals surface area contributed by atoms with E-state index in [2.05, 4.69) is 15.5 Å². The lowest BCUT2D eigenvalue weighted by atomic mass is 10.1. The van der Waals surface area contributed by atoms with Gasteiger partial charge in [-0.05, 0) is 43.2 Å². The summed E-state index contributed by atoms with van der Waals surface area (Å²) in [6.07, 6.45) is 1.11. The van der Waals surface area contributed by atoms with E-state index in [1.54, 1.807) is 30.3 Å². The first-order chi connectivity index (χ1) is 13.6. The highest BCUT2D eigenvalue weighted by Gasteiger charge is 2.14. The second kappa shape index (κ2) is 9.07. The van der Waals surface area contributed by atoms with Crippen molar-refractivity contribution in [2.45, 2.75) is 12.8 Å². The second-order valence-electron chi connectivity index (χ2n) is 6.08. The molecule has 0 atom stereocenters. The number of rotatable bonds is 9. The predicted octanol–water partition coefficient (Wildman–Crippen LogP) is 3.96. The maximum absolute atomic E-state index is 12.7. The minimum Gasteiger partial charge on any atom is -0.497 e. The molecule has 1 heterocycles. The van der Waals surface area contributed by atoms with E-state index in [0.717, 1.165) is 5.52 Å². The number of methoxy groups -OCH3 is 2. The van der Waals surface area contributed by atoms with E-state index in [-0.39, 0.29) is 12.6 Å². The molecule has 1 amide bonds. The van der Waals surface area contributed by atoms with Crippen molar-refractivity contribution in [2.24, 2.45) is 0 Å². The van der Waals surface area contributed by atoms with Gasteiger partial charge in [0.05, 0.1) is 33.0 Å². The number of halogens is 1. The Bertz CT molecular complexity index is 936. The van der Waals surface area contributed by atoms with E-state index in [4.69, 9.17) is 14.2 Å². The number of fused-ring (bicyclic) bond motifs is 1. The van der Waals surface area contributed by atoms with Crippen LogP contribution in [0.2, 0.25) is 0 Å². The van der Waals surface area contributed by atoms with Gasteiger partial charge in [0.25, 0.3) is 5.91 Å². The summed E-state index contributed by atoms with van der Waals surface area (Å²) in [7, 11) is 3.04. The van der Waals surface area contributed by atoms with Crippen LogP contribution in [0.4, 0.5) is 10.2 Å². The minimum absolute atomic E-state index is 0.347. The van der Waals surface area contributed by atoms with Crippen LogP contribution in [0.25, 0.3) is 10.9 Å². The molecule has 1 aromatic heterocycles. The van der Waals surface area contributed by atoms with Crippen LogP contribution >= 0.6 is 0 Å². The molecule has 28 heavy (non-hydrogen) atoms. The van der Waals surface area contributed by atoms with Crippen molar-refractivity contribution in [1.82, 2.24) is 10.2 Å². The summed E-state index contributed by atoms with van der Waals surface area (Å²) in [5.74, 6) is 1.70. The Morgan fingerprint density at radius 2 is 1.82 bits per heavy atom. The number of carbonyl (C=O) groups excluding carboxylic acids is 1. The number of unbranched alkanes of at least 4 members (excludes halogenated alkanes) is 1. The van der Waals surface area contributed by atoms with Crippen molar-refractivity contribution in [3.8, 4) is 17.2 Å². The van der Waals surface area contributed by atoms with Crippen LogP contribution in [0.3, 0.4) is 0 Å². The Morgan fingerprint density at radius 3 is 2.50 bits per heavy atom. The first kappa shape index (κ1) is 19.5. The topological polar surface area (TPSA) is 85.5 Å². The lowest BCUT2D eigenvalue weighted by Gasteiger charge is -2.09. The molecule has 0 radical (unpaired) electrons. The molecule has 0 aliphatic rings. The number of carbonyl (C=O) groups is 1. The number of hydrogen-bond acceptors (Lipinski definition) is 5. The van der Waals surface area contributed by atoms with Crippen LogP contribution in [0, 0.1) is 0 Å². The molecular formula is C20H22FN3O4. The number of hydrogen-bond donors (Lipinski definition) is 2. The highest BCUT2D eigenvalue weighted by atomic mass is 19.1. The SMILES string of the molecule is COc1cc(OC)cc(C(=O)Nc2n[nH]c3ccc(OCCCCF)cc23)c1. The van der Waals surface area contributed by atoms with E-state index >= 15 is 0 Å². The summed E-state index contributed by atoms with van der Waals surface area (Å²) in [5.41, 5.74) is 1.14. The first-order valence-electron chi connectivity index (χ1n) is 8.86. The number of amides is 1. The molecule has 8 heteroatoms. The molecule has 0 saturated carbocycles. The average molecular weight is 387 g/mol. The van der Waals surface area contributed by atoms with Gasteiger partial charge in [0.1, 0.15) is 17.2 Å². The van der Waals surface area contributed by atoms with Crippen LogP contribution in [0.5, 0.6) is 17.2 Å². The Kier molecular flexibility index (Phi) is 6.31. The van der Waals surface area contributed by atoms with Crippen molar-refractivity contribution < 1.29 is 23.4 Å². The molecule has 148 valence electrons. The Morgan fingerprint density at radius 1 is 1.07 bits per heavy atom. The average Bonchev–Trinajstić information content (AvgIpc) is 3.12. The third-order valence-corrected chi connectivity index (χ3v) is 4.18. The molecule has 0 aliphatic carbocycles. The summed E-state index contributed by atoms with van der Waals surface area (Å²) in [4.78, 5) is 12.7. The quantitative estimate of drug-likeness (QED) is 0.543. The highest BCUT2D eigenvalue weighted by molar-refractivity contribution is 6.08. The van der Waals surface area contributed by atoms with Gasteiger partial charge in [0.2, 0.25) is 0 Å². The molecule has 2 N–H and O–H groups in total. The van der Waals surface area contributed by atoms with Crippen molar-refractivity contribution in [3.05, 3.63) is 42.0 Å². The molecule has 7 nitrogen and oxygen atoms in total. The highest BCUT2D eigenvalue weighted by Crippen LogP contribution is 2.27. The Balaban J connectivity index is 1.79. The Labute approximate surface area is 161 Å². The van der Waals surface area contributed by atoms with Gasteiger partial charge >= 0.3 is 0 Å². The smallest absolute Gasteiger partial charge is 0.257 e. The zero-order valence-corrected chi connectivity index (χ0v) is 15.8. The maximum atomic E-state index is 12.7. The lowest BCUT2D eigenvalue weighted by molar-refractivity contribution is 0.102. The lowest BCUT2D eigenvalue weighted by Crippen LogP contribution is -2.12. The van der Waals surface area contributed by atoms with Gasteiger partial charge in [-0.1, -0.05) is 0 Å². The monoisotopic (exact) mass is 387 g/mol. The summed E-state index contributed by atoms with van der Waals surface area (Å²) in [5, 5.41) is 10.6. The molecule has 3 aromatic rings. The fourth-order valence-corrected chi connectivity index (χ4v) is 2.68. The number of benzene rings is 2. The van der Waals surface area contributed by atoms with Crippen LogP contribution in [-0.4, -0.2) is 43.6 Å².